The standard InChI is InChI=1S/C25H25N3O7/c1-11-10-28(17-9-18(29)21-13(20(11)17)7-16(27-21)25(31)35-5)24(30)15-6-12-14(26-15)8-19(32-2)23(34-4)22(12)33-3/h6-9,11,26-27,29H,10H2,1-5H3. The van der Waals surface area contributed by atoms with Crippen molar-refractivity contribution in [3.63, 3.8) is 0 Å². The molecule has 0 radical (unpaired) electrons. The number of hydrogen-bond donors (Lipinski definition) is 3. The molecule has 1 aliphatic rings. The molecule has 1 amide bonds. The van der Waals surface area contributed by atoms with E-state index in [2.05, 4.69) is 9.97 Å². The first kappa shape index (κ1) is 22.5. The molecule has 1 aliphatic heterocycles. The molecule has 0 bridgehead atoms. The number of aromatic amines is 2. The minimum absolute atomic E-state index is 0.0301. The number of esters is 1. The zero-order valence-electron chi connectivity index (χ0n) is 19.9. The highest BCUT2D eigenvalue weighted by atomic mass is 16.5. The average Bonchev–Trinajstić information content (AvgIpc) is 3.57. The summed E-state index contributed by atoms with van der Waals surface area (Å²) in [6.45, 7) is 2.40. The molecule has 0 fully saturated rings. The maximum atomic E-state index is 13.7. The molecular formula is C25H25N3O7. The maximum Gasteiger partial charge on any atom is 0.354 e. The van der Waals surface area contributed by atoms with E-state index in [1.807, 2.05) is 6.92 Å². The van der Waals surface area contributed by atoms with Crippen molar-refractivity contribution in [2.75, 3.05) is 39.9 Å². The number of H-pyrrole nitrogens is 2. The van der Waals surface area contributed by atoms with E-state index in [9.17, 15) is 14.7 Å². The van der Waals surface area contributed by atoms with Crippen molar-refractivity contribution in [2.24, 2.45) is 0 Å². The maximum absolute atomic E-state index is 13.7. The van der Waals surface area contributed by atoms with Crippen LogP contribution in [0.4, 0.5) is 5.69 Å². The number of methoxy groups -OCH3 is 4. The highest BCUT2D eigenvalue weighted by molar-refractivity contribution is 6.12. The molecule has 0 spiro atoms. The normalized spacial score (nSPS) is 14.9. The summed E-state index contributed by atoms with van der Waals surface area (Å²) in [4.78, 5) is 33.4. The fourth-order valence-electron chi connectivity index (χ4n) is 4.91. The van der Waals surface area contributed by atoms with Gasteiger partial charge < -0.3 is 38.9 Å². The van der Waals surface area contributed by atoms with E-state index in [1.165, 1.54) is 28.4 Å². The van der Waals surface area contributed by atoms with Crippen molar-refractivity contribution in [1.82, 2.24) is 9.97 Å². The average molecular weight is 479 g/mol. The number of aromatic hydroxyl groups is 1. The van der Waals surface area contributed by atoms with Crippen LogP contribution in [0, 0.1) is 0 Å². The summed E-state index contributed by atoms with van der Waals surface area (Å²) in [5, 5.41) is 12.0. The van der Waals surface area contributed by atoms with Gasteiger partial charge in [0.2, 0.25) is 5.75 Å². The molecular weight excluding hydrogens is 454 g/mol. The molecule has 3 N–H and O–H groups in total. The highest BCUT2D eigenvalue weighted by Gasteiger charge is 2.35. The fraction of sp³-hybridized carbons (Fsp3) is 0.280. The lowest BCUT2D eigenvalue weighted by Gasteiger charge is -2.17. The Morgan fingerprint density at radius 2 is 1.66 bits per heavy atom. The monoisotopic (exact) mass is 479 g/mol. The van der Waals surface area contributed by atoms with Crippen LogP contribution < -0.4 is 19.1 Å². The Hall–Kier alpha value is -4.34. The number of benzene rings is 2. The molecule has 0 aliphatic carbocycles. The van der Waals surface area contributed by atoms with Gasteiger partial charge in [-0.05, 0) is 17.7 Å². The Morgan fingerprint density at radius 3 is 2.31 bits per heavy atom. The number of nitrogens with zero attached hydrogens (tertiary/aromatic N) is 1. The molecule has 0 saturated carbocycles. The van der Waals surface area contributed by atoms with Crippen LogP contribution in [0.5, 0.6) is 23.0 Å². The molecule has 3 heterocycles. The van der Waals surface area contributed by atoms with Crippen molar-refractivity contribution in [1.29, 1.82) is 0 Å². The molecule has 2 aromatic heterocycles. The number of rotatable bonds is 5. The van der Waals surface area contributed by atoms with Crippen LogP contribution in [-0.2, 0) is 4.74 Å². The van der Waals surface area contributed by atoms with Crippen molar-refractivity contribution < 1.29 is 33.6 Å². The summed E-state index contributed by atoms with van der Waals surface area (Å²) < 4.78 is 21.2. The van der Waals surface area contributed by atoms with Gasteiger partial charge in [-0.1, -0.05) is 6.92 Å². The Bertz CT molecular complexity index is 1500. The third-order valence-electron chi connectivity index (χ3n) is 6.46. The predicted octanol–water partition coefficient (Wildman–Crippen LogP) is 3.93. The third kappa shape index (κ3) is 3.24. The van der Waals surface area contributed by atoms with E-state index in [4.69, 9.17) is 18.9 Å². The minimum atomic E-state index is -0.536. The number of aromatic nitrogens is 2. The van der Waals surface area contributed by atoms with E-state index < -0.39 is 5.97 Å². The molecule has 0 saturated heterocycles. The van der Waals surface area contributed by atoms with Crippen molar-refractivity contribution in [3.8, 4) is 23.0 Å². The first-order valence-corrected chi connectivity index (χ1v) is 10.9. The second-order valence-electron chi connectivity index (χ2n) is 8.40. The molecule has 10 heteroatoms. The summed E-state index contributed by atoms with van der Waals surface area (Å²) in [6.07, 6.45) is 0. The van der Waals surface area contributed by atoms with E-state index in [-0.39, 0.29) is 23.3 Å². The summed E-state index contributed by atoms with van der Waals surface area (Å²) in [6, 6.07) is 6.66. The van der Waals surface area contributed by atoms with Crippen LogP contribution in [0.3, 0.4) is 0 Å². The number of nitrogens with one attached hydrogen (secondary N) is 2. The number of carbonyl (C=O) groups excluding carboxylic acids is 2. The van der Waals surface area contributed by atoms with Gasteiger partial charge in [0, 0.05) is 35.4 Å². The van der Waals surface area contributed by atoms with Crippen LogP contribution >= 0.6 is 0 Å². The number of amides is 1. The molecule has 10 nitrogen and oxygen atoms in total. The first-order chi connectivity index (χ1) is 16.8. The van der Waals surface area contributed by atoms with Crippen molar-refractivity contribution >= 4 is 39.4 Å². The zero-order valence-corrected chi connectivity index (χ0v) is 19.9. The van der Waals surface area contributed by atoms with Gasteiger partial charge in [-0.15, -0.1) is 0 Å². The van der Waals surface area contributed by atoms with Crippen molar-refractivity contribution in [2.45, 2.75) is 12.8 Å². The Labute approximate surface area is 200 Å². The largest absolute Gasteiger partial charge is 0.506 e. The quantitative estimate of drug-likeness (QED) is 0.370. The van der Waals surface area contributed by atoms with Gasteiger partial charge in [0.05, 0.1) is 45.2 Å². The van der Waals surface area contributed by atoms with E-state index in [0.717, 1.165) is 5.56 Å². The van der Waals surface area contributed by atoms with Gasteiger partial charge in [0.25, 0.3) is 5.91 Å². The van der Waals surface area contributed by atoms with E-state index in [1.54, 1.807) is 29.2 Å². The third-order valence-corrected chi connectivity index (χ3v) is 6.46. The number of anilines is 1. The molecule has 35 heavy (non-hydrogen) atoms. The van der Waals surface area contributed by atoms with Gasteiger partial charge >= 0.3 is 5.97 Å². The van der Waals surface area contributed by atoms with Gasteiger partial charge in [0.1, 0.15) is 17.1 Å². The van der Waals surface area contributed by atoms with Crippen molar-refractivity contribution in [3.05, 3.63) is 41.2 Å². The van der Waals surface area contributed by atoms with Crippen LogP contribution in [0.15, 0.2) is 24.3 Å². The lowest BCUT2D eigenvalue weighted by molar-refractivity contribution is 0.0595. The summed E-state index contributed by atoms with van der Waals surface area (Å²) >= 11 is 0. The second kappa shape index (κ2) is 8.15. The summed E-state index contributed by atoms with van der Waals surface area (Å²) in [5.74, 6) is 0.460. The number of phenols is 1. The lowest BCUT2D eigenvalue weighted by Crippen LogP contribution is -2.29. The predicted molar refractivity (Wildman–Crippen MR) is 129 cm³/mol. The highest BCUT2D eigenvalue weighted by Crippen LogP contribution is 2.46. The fourth-order valence-corrected chi connectivity index (χ4v) is 4.91. The first-order valence-electron chi connectivity index (χ1n) is 10.9. The zero-order chi connectivity index (χ0) is 25.0. The van der Waals surface area contributed by atoms with Crippen LogP contribution in [0.1, 0.15) is 39.4 Å². The summed E-state index contributed by atoms with van der Waals surface area (Å²) in [7, 11) is 5.87. The van der Waals surface area contributed by atoms with Gasteiger partial charge in [-0.2, -0.15) is 0 Å². The number of hydrogen-bond acceptors (Lipinski definition) is 7. The SMILES string of the molecule is COC(=O)c1cc2c3c(cc(O)c2[nH]1)N(C(=O)c1cc2c(OC)c(OC)c(OC)cc2[nH]1)CC3C. The minimum Gasteiger partial charge on any atom is -0.506 e. The van der Waals surface area contributed by atoms with Gasteiger partial charge in [-0.25, -0.2) is 4.79 Å². The second-order valence-corrected chi connectivity index (χ2v) is 8.40. The molecule has 182 valence electrons. The summed E-state index contributed by atoms with van der Waals surface area (Å²) in [5.41, 5.74) is 3.12. The van der Waals surface area contributed by atoms with E-state index in [0.29, 0.717) is 57.0 Å². The van der Waals surface area contributed by atoms with Crippen LogP contribution in [-0.4, -0.2) is 61.9 Å². The van der Waals surface area contributed by atoms with Gasteiger partial charge in [-0.3, -0.25) is 4.79 Å². The molecule has 1 atom stereocenters. The van der Waals surface area contributed by atoms with Crippen LogP contribution in [0.25, 0.3) is 21.8 Å². The van der Waals surface area contributed by atoms with Gasteiger partial charge in [0.15, 0.2) is 11.5 Å². The molecule has 5 rings (SSSR count). The molecule has 1 unspecified atom stereocenters. The Morgan fingerprint density at radius 1 is 0.943 bits per heavy atom. The smallest absolute Gasteiger partial charge is 0.354 e. The number of phenolic OH excluding ortho intramolecular Hbond substituents is 1. The molecule has 4 aromatic rings. The molecule has 2 aromatic carbocycles. The Balaban J connectivity index is 1.62. The number of ether oxygens (including phenoxy) is 4. The van der Waals surface area contributed by atoms with Crippen LogP contribution in [0.2, 0.25) is 0 Å². The number of fused-ring (bicyclic) bond motifs is 4. The van der Waals surface area contributed by atoms with E-state index >= 15 is 0 Å². The number of carbonyl (C=O) groups is 2. The topological polar surface area (TPSA) is 126 Å². The lowest BCUT2D eigenvalue weighted by atomic mass is 9.99. The Kier molecular flexibility index (Phi) is 5.23.